The molecule has 0 N–H and O–H groups in total. The van der Waals surface area contributed by atoms with E-state index < -0.39 is 25.2 Å². The Hall–Kier alpha value is 0.571. The van der Waals surface area contributed by atoms with Gasteiger partial charge in [-0.05, 0) is 51.4 Å². The average molecular weight is 321 g/mol. The fourth-order valence-electron chi connectivity index (χ4n) is 2.38. The molecule has 0 heterocycles. The SMILES string of the molecule is CCCCCC[Si](CC)(O[Si](C)(C)C)O[Si](C)(C)C. The van der Waals surface area contributed by atoms with Gasteiger partial charge in [-0.3, -0.25) is 0 Å². The number of hydrogen-bond donors (Lipinski definition) is 0. The van der Waals surface area contributed by atoms with Gasteiger partial charge < -0.3 is 8.23 Å². The van der Waals surface area contributed by atoms with E-state index in [0.717, 1.165) is 6.04 Å². The van der Waals surface area contributed by atoms with Gasteiger partial charge in [-0.2, -0.15) is 0 Å². The van der Waals surface area contributed by atoms with Gasteiger partial charge in [0.25, 0.3) is 0 Å². The van der Waals surface area contributed by atoms with Crippen molar-refractivity contribution in [2.75, 3.05) is 0 Å². The first-order chi connectivity index (χ1) is 8.54. The van der Waals surface area contributed by atoms with Gasteiger partial charge >= 0.3 is 8.56 Å². The third-order valence-electron chi connectivity index (χ3n) is 2.93. The first kappa shape index (κ1) is 19.6. The van der Waals surface area contributed by atoms with Crippen LogP contribution in [0.5, 0.6) is 0 Å². The van der Waals surface area contributed by atoms with Crippen molar-refractivity contribution in [1.29, 1.82) is 0 Å². The summed E-state index contributed by atoms with van der Waals surface area (Å²) in [5.74, 6) is 0. The molecule has 19 heavy (non-hydrogen) atoms. The molecule has 0 aromatic heterocycles. The molecule has 0 aliphatic rings. The van der Waals surface area contributed by atoms with E-state index in [9.17, 15) is 0 Å². The molecule has 0 aromatic rings. The van der Waals surface area contributed by atoms with Crippen molar-refractivity contribution < 1.29 is 8.23 Å². The van der Waals surface area contributed by atoms with Crippen LogP contribution in [0.3, 0.4) is 0 Å². The normalized spacial score (nSPS) is 13.9. The third-order valence-corrected chi connectivity index (χ3v) is 13.0. The number of rotatable bonds is 10. The predicted molar refractivity (Wildman–Crippen MR) is 94.0 cm³/mol. The zero-order chi connectivity index (χ0) is 15.2. The second-order valence-electron chi connectivity index (χ2n) is 7.50. The minimum atomic E-state index is -1.97. The summed E-state index contributed by atoms with van der Waals surface area (Å²) in [5, 5.41) is 0. The highest BCUT2D eigenvalue weighted by molar-refractivity contribution is 6.88. The van der Waals surface area contributed by atoms with E-state index in [2.05, 4.69) is 53.1 Å². The zero-order valence-electron chi connectivity index (χ0n) is 14.6. The topological polar surface area (TPSA) is 18.5 Å². The molecular formula is C14H36O2Si3. The maximum absolute atomic E-state index is 6.62. The Morgan fingerprint density at radius 2 is 1.16 bits per heavy atom. The lowest BCUT2D eigenvalue weighted by atomic mass is 10.2. The highest BCUT2D eigenvalue weighted by Crippen LogP contribution is 2.29. The third kappa shape index (κ3) is 10.0. The van der Waals surface area contributed by atoms with Gasteiger partial charge in [0.05, 0.1) is 0 Å². The summed E-state index contributed by atoms with van der Waals surface area (Å²) >= 11 is 0. The van der Waals surface area contributed by atoms with Gasteiger partial charge in [-0.15, -0.1) is 0 Å². The molecule has 0 aromatic carbocycles. The molecule has 116 valence electrons. The van der Waals surface area contributed by atoms with Crippen molar-refractivity contribution in [2.45, 2.75) is 90.9 Å². The molecule has 0 radical (unpaired) electrons. The van der Waals surface area contributed by atoms with Crippen LogP contribution in [0.25, 0.3) is 0 Å². The van der Waals surface area contributed by atoms with Crippen LogP contribution in [-0.2, 0) is 8.23 Å². The lowest BCUT2D eigenvalue weighted by Gasteiger charge is -2.40. The standard InChI is InChI=1S/C14H36O2Si3/c1-9-11-12-13-14-19(10-2,15-17(3,4)5)16-18(6,7)8/h9-14H2,1-8H3. The minimum absolute atomic E-state index is 1.10. The van der Waals surface area contributed by atoms with Gasteiger partial charge in [0, 0.05) is 0 Å². The van der Waals surface area contributed by atoms with E-state index in [1.54, 1.807) is 0 Å². The summed E-state index contributed by atoms with van der Waals surface area (Å²) in [4.78, 5) is 0. The van der Waals surface area contributed by atoms with E-state index in [1.165, 1.54) is 31.7 Å². The summed E-state index contributed by atoms with van der Waals surface area (Å²) in [6, 6.07) is 2.30. The largest absolute Gasteiger partial charge is 0.436 e. The van der Waals surface area contributed by atoms with Crippen LogP contribution in [-0.4, -0.2) is 25.2 Å². The molecule has 0 rings (SSSR count). The van der Waals surface area contributed by atoms with Crippen LogP contribution >= 0.6 is 0 Å². The highest BCUT2D eigenvalue weighted by Gasteiger charge is 2.42. The summed E-state index contributed by atoms with van der Waals surface area (Å²) in [7, 11) is -5.01. The molecule has 0 atom stereocenters. The molecule has 0 fully saturated rings. The molecule has 0 unspecified atom stereocenters. The van der Waals surface area contributed by atoms with Crippen LogP contribution in [0.1, 0.15) is 39.5 Å². The quantitative estimate of drug-likeness (QED) is 0.378. The second-order valence-corrected chi connectivity index (χ2v) is 20.6. The molecule has 0 saturated carbocycles. The van der Waals surface area contributed by atoms with E-state index >= 15 is 0 Å². The average Bonchev–Trinajstić information content (AvgIpc) is 2.19. The first-order valence-electron chi connectivity index (χ1n) is 7.94. The molecule has 0 aliphatic carbocycles. The van der Waals surface area contributed by atoms with Gasteiger partial charge in [0.1, 0.15) is 0 Å². The second kappa shape index (κ2) is 8.12. The summed E-state index contributed by atoms with van der Waals surface area (Å²) in [6.45, 7) is 18.3. The monoisotopic (exact) mass is 320 g/mol. The van der Waals surface area contributed by atoms with Crippen LogP contribution in [0.2, 0.25) is 51.4 Å². The summed E-state index contributed by atoms with van der Waals surface area (Å²) in [6.07, 6.45) is 5.25. The Balaban J connectivity index is 4.75. The fourth-order valence-corrected chi connectivity index (χ4v) is 15.0. The van der Waals surface area contributed by atoms with Gasteiger partial charge in [0.15, 0.2) is 16.6 Å². The van der Waals surface area contributed by atoms with Crippen molar-refractivity contribution in [3.63, 3.8) is 0 Å². The van der Waals surface area contributed by atoms with Gasteiger partial charge in [0.2, 0.25) is 0 Å². The van der Waals surface area contributed by atoms with Gasteiger partial charge in [-0.25, -0.2) is 0 Å². The molecule has 0 saturated heterocycles. The maximum Gasteiger partial charge on any atom is 0.317 e. The molecule has 0 bridgehead atoms. The Morgan fingerprint density at radius 1 is 0.684 bits per heavy atom. The summed E-state index contributed by atoms with van der Waals surface area (Å²) in [5.41, 5.74) is 0. The van der Waals surface area contributed by atoms with Crippen LogP contribution in [0.15, 0.2) is 0 Å². The molecule has 0 amide bonds. The molecule has 0 aliphatic heterocycles. The molecule has 0 spiro atoms. The Bertz CT molecular complexity index is 228. The molecule has 5 heteroatoms. The highest BCUT2D eigenvalue weighted by atomic mass is 28.5. The van der Waals surface area contributed by atoms with E-state index in [-0.39, 0.29) is 0 Å². The van der Waals surface area contributed by atoms with Crippen LogP contribution in [0, 0.1) is 0 Å². The van der Waals surface area contributed by atoms with E-state index in [4.69, 9.17) is 8.23 Å². The van der Waals surface area contributed by atoms with Crippen LogP contribution in [0.4, 0.5) is 0 Å². The Kier molecular flexibility index (Phi) is 8.36. The summed E-state index contributed by atoms with van der Waals surface area (Å²) < 4.78 is 13.2. The van der Waals surface area contributed by atoms with Crippen molar-refractivity contribution in [1.82, 2.24) is 0 Å². The lowest BCUT2D eigenvalue weighted by Crippen LogP contribution is -2.54. The smallest absolute Gasteiger partial charge is 0.317 e. The first-order valence-corrected chi connectivity index (χ1v) is 17.0. The maximum atomic E-state index is 6.62. The van der Waals surface area contributed by atoms with Crippen molar-refractivity contribution in [3.05, 3.63) is 0 Å². The minimum Gasteiger partial charge on any atom is -0.436 e. The van der Waals surface area contributed by atoms with Crippen LogP contribution < -0.4 is 0 Å². The van der Waals surface area contributed by atoms with Crippen molar-refractivity contribution in [2.24, 2.45) is 0 Å². The number of unbranched alkanes of at least 4 members (excludes halogenated alkanes) is 3. The predicted octanol–water partition coefficient (Wildman–Crippen LogP) is 5.73. The number of hydrogen-bond acceptors (Lipinski definition) is 2. The van der Waals surface area contributed by atoms with E-state index in [0.29, 0.717) is 0 Å². The van der Waals surface area contributed by atoms with Gasteiger partial charge in [-0.1, -0.05) is 39.5 Å². The van der Waals surface area contributed by atoms with E-state index in [1.807, 2.05) is 0 Å². The fraction of sp³-hybridized carbons (Fsp3) is 1.00. The lowest BCUT2D eigenvalue weighted by molar-refractivity contribution is 0.371. The molecule has 2 nitrogen and oxygen atoms in total. The Labute approximate surface area is 124 Å². The Morgan fingerprint density at radius 3 is 1.47 bits per heavy atom. The zero-order valence-corrected chi connectivity index (χ0v) is 17.6. The van der Waals surface area contributed by atoms with Crippen molar-refractivity contribution >= 4 is 25.2 Å². The molecular weight excluding hydrogens is 284 g/mol. The van der Waals surface area contributed by atoms with Crippen molar-refractivity contribution in [3.8, 4) is 0 Å².